The van der Waals surface area contributed by atoms with Crippen molar-refractivity contribution in [3.8, 4) is 5.75 Å². The number of methoxy groups -OCH3 is 1. The van der Waals surface area contributed by atoms with Crippen LogP contribution in [0, 0.1) is 12.7 Å². The van der Waals surface area contributed by atoms with Gasteiger partial charge in [-0.2, -0.15) is 0 Å². The quantitative estimate of drug-likeness (QED) is 0.922. The first-order valence-corrected chi connectivity index (χ1v) is 6.42. The Labute approximate surface area is 110 Å². The van der Waals surface area contributed by atoms with Crippen molar-refractivity contribution in [1.29, 1.82) is 0 Å². The normalized spacial score (nSPS) is 10.4. The van der Waals surface area contributed by atoms with Gasteiger partial charge in [0.2, 0.25) is 0 Å². The molecular formula is C13H15FN2OS. The van der Waals surface area contributed by atoms with E-state index in [4.69, 9.17) is 4.74 Å². The van der Waals surface area contributed by atoms with Crippen molar-refractivity contribution in [1.82, 2.24) is 4.98 Å². The summed E-state index contributed by atoms with van der Waals surface area (Å²) in [7, 11) is 3.31. The smallest absolute Gasteiger partial charge is 0.182 e. The molecule has 1 aromatic carbocycles. The first-order chi connectivity index (χ1) is 8.63. The van der Waals surface area contributed by atoms with Crippen LogP contribution in [0.4, 0.5) is 9.52 Å². The molecule has 0 radical (unpaired) electrons. The maximum atomic E-state index is 13.6. The third-order valence-electron chi connectivity index (χ3n) is 2.69. The molecular weight excluding hydrogens is 251 g/mol. The minimum atomic E-state index is -0.328. The van der Waals surface area contributed by atoms with E-state index in [-0.39, 0.29) is 11.6 Å². The number of aromatic nitrogens is 1. The number of nitrogens with zero attached hydrogens (tertiary/aromatic N) is 1. The lowest BCUT2D eigenvalue weighted by molar-refractivity contribution is 0.386. The average molecular weight is 266 g/mol. The van der Waals surface area contributed by atoms with E-state index < -0.39 is 0 Å². The van der Waals surface area contributed by atoms with Crippen LogP contribution < -0.4 is 10.1 Å². The molecule has 1 N–H and O–H groups in total. The minimum absolute atomic E-state index is 0.274. The molecule has 0 spiro atoms. The van der Waals surface area contributed by atoms with E-state index in [2.05, 4.69) is 10.3 Å². The molecule has 0 unspecified atom stereocenters. The first kappa shape index (κ1) is 12.8. The van der Waals surface area contributed by atoms with Crippen molar-refractivity contribution >= 4 is 16.5 Å². The third-order valence-corrected chi connectivity index (χ3v) is 3.86. The summed E-state index contributed by atoms with van der Waals surface area (Å²) in [5, 5.41) is 3.90. The number of ether oxygens (including phenoxy) is 1. The Hall–Kier alpha value is -1.62. The van der Waals surface area contributed by atoms with Gasteiger partial charge in [0.15, 0.2) is 16.7 Å². The highest BCUT2D eigenvalue weighted by atomic mass is 32.1. The number of hydrogen-bond donors (Lipinski definition) is 1. The van der Waals surface area contributed by atoms with Gasteiger partial charge < -0.3 is 10.1 Å². The summed E-state index contributed by atoms with van der Waals surface area (Å²) in [5.74, 6) is -0.0540. The molecule has 0 saturated heterocycles. The molecule has 0 aliphatic rings. The van der Waals surface area contributed by atoms with Crippen LogP contribution in [0.3, 0.4) is 0 Å². The monoisotopic (exact) mass is 266 g/mol. The van der Waals surface area contributed by atoms with Crippen LogP contribution in [0.5, 0.6) is 5.75 Å². The number of anilines is 1. The van der Waals surface area contributed by atoms with Crippen molar-refractivity contribution in [3.05, 3.63) is 40.2 Å². The fraction of sp³-hybridized carbons (Fsp3) is 0.308. The fourth-order valence-electron chi connectivity index (χ4n) is 1.70. The van der Waals surface area contributed by atoms with Gasteiger partial charge in [0.25, 0.3) is 0 Å². The number of benzene rings is 1. The van der Waals surface area contributed by atoms with Gasteiger partial charge in [-0.25, -0.2) is 9.37 Å². The van der Waals surface area contributed by atoms with Crippen LogP contribution in [0.15, 0.2) is 18.2 Å². The van der Waals surface area contributed by atoms with E-state index in [0.29, 0.717) is 6.42 Å². The van der Waals surface area contributed by atoms with E-state index in [1.165, 1.54) is 13.2 Å². The molecule has 0 amide bonds. The first-order valence-electron chi connectivity index (χ1n) is 5.60. The summed E-state index contributed by atoms with van der Waals surface area (Å²) in [5.41, 5.74) is 1.91. The second-order valence-electron chi connectivity index (χ2n) is 3.92. The summed E-state index contributed by atoms with van der Waals surface area (Å²) < 4.78 is 18.5. The predicted octanol–water partition coefficient (Wildman–Crippen LogP) is 3.23. The third kappa shape index (κ3) is 2.61. The summed E-state index contributed by atoms with van der Waals surface area (Å²) in [6.07, 6.45) is 0.687. The number of rotatable bonds is 4. The summed E-state index contributed by atoms with van der Waals surface area (Å²) in [6.45, 7) is 1.96. The zero-order valence-corrected chi connectivity index (χ0v) is 11.4. The Kier molecular flexibility index (Phi) is 3.81. The van der Waals surface area contributed by atoms with Gasteiger partial charge in [-0.05, 0) is 24.6 Å². The van der Waals surface area contributed by atoms with Crippen LogP contribution in [0.25, 0.3) is 0 Å². The molecule has 2 rings (SSSR count). The lowest BCUT2D eigenvalue weighted by Crippen LogP contribution is -1.92. The molecule has 1 heterocycles. The SMILES string of the molecule is CNc1nc(C)c(Cc2ccc(OC)c(F)c2)s1. The molecule has 0 aliphatic carbocycles. The molecule has 18 heavy (non-hydrogen) atoms. The van der Waals surface area contributed by atoms with Gasteiger partial charge >= 0.3 is 0 Å². The van der Waals surface area contributed by atoms with Gasteiger partial charge in [0.1, 0.15) is 0 Å². The number of halogens is 1. The lowest BCUT2D eigenvalue weighted by Gasteiger charge is -2.04. The zero-order valence-electron chi connectivity index (χ0n) is 10.6. The topological polar surface area (TPSA) is 34.2 Å². The molecule has 0 atom stereocenters. The molecule has 0 saturated carbocycles. The molecule has 0 bridgehead atoms. The van der Waals surface area contributed by atoms with Crippen LogP contribution in [-0.2, 0) is 6.42 Å². The summed E-state index contributed by atoms with van der Waals surface area (Å²) in [4.78, 5) is 5.51. The predicted molar refractivity (Wildman–Crippen MR) is 72.2 cm³/mol. The molecule has 0 fully saturated rings. The molecule has 96 valence electrons. The Bertz CT molecular complexity index is 554. The standard InChI is InChI=1S/C13H15FN2OS/c1-8-12(18-13(15-2)16-8)7-9-4-5-11(17-3)10(14)6-9/h4-6H,7H2,1-3H3,(H,15,16). The average Bonchev–Trinajstić information content (AvgIpc) is 2.70. The zero-order chi connectivity index (χ0) is 13.1. The summed E-state index contributed by atoms with van der Waals surface area (Å²) >= 11 is 1.59. The van der Waals surface area contributed by atoms with Crippen LogP contribution in [0.2, 0.25) is 0 Å². The molecule has 2 aromatic rings. The van der Waals surface area contributed by atoms with Crippen molar-refractivity contribution in [2.45, 2.75) is 13.3 Å². The molecule has 1 aromatic heterocycles. The van der Waals surface area contributed by atoms with Gasteiger partial charge in [0.05, 0.1) is 12.8 Å². The van der Waals surface area contributed by atoms with Crippen molar-refractivity contribution in [2.75, 3.05) is 19.5 Å². The van der Waals surface area contributed by atoms with Gasteiger partial charge in [0, 0.05) is 18.3 Å². The fourth-order valence-corrected chi connectivity index (χ4v) is 2.65. The number of aryl methyl sites for hydroxylation is 1. The van der Waals surface area contributed by atoms with E-state index in [1.54, 1.807) is 17.4 Å². The van der Waals surface area contributed by atoms with E-state index in [9.17, 15) is 4.39 Å². The Balaban J connectivity index is 2.22. The number of thiazole rings is 1. The highest BCUT2D eigenvalue weighted by molar-refractivity contribution is 7.15. The second-order valence-corrected chi connectivity index (χ2v) is 5.01. The van der Waals surface area contributed by atoms with Gasteiger partial charge in [-0.1, -0.05) is 6.07 Å². The van der Waals surface area contributed by atoms with E-state index in [0.717, 1.165) is 21.3 Å². The van der Waals surface area contributed by atoms with E-state index >= 15 is 0 Å². The number of hydrogen-bond acceptors (Lipinski definition) is 4. The van der Waals surface area contributed by atoms with Crippen molar-refractivity contribution in [3.63, 3.8) is 0 Å². The molecule has 5 heteroatoms. The Morgan fingerprint density at radius 1 is 1.44 bits per heavy atom. The lowest BCUT2D eigenvalue weighted by atomic mass is 10.1. The number of nitrogens with one attached hydrogen (secondary N) is 1. The van der Waals surface area contributed by atoms with Gasteiger partial charge in [-0.15, -0.1) is 11.3 Å². The summed E-state index contributed by atoms with van der Waals surface area (Å²) in [6, 6.07) is 5.04. The largest absolute Gasteiger partial charge is 0.494 e. The Morgan fingerprint density at radius 2 is 2.22 bits per heavy atom. The maximum absolute atomic E-state index is 13.6. The molecule has 0 aliphatic heterocycles. The minimum Gasteiger partial charge on any atom is -0.494 e. The van der Waals surface area contributed by atoms with E-state index in [1.807, 2.05) is 20.0 Å². The van der Waals surface area contributed by atoms with Crippen molar-refractivity contribution in [2.24, 2.45) is 0 Å². The maximum Gasteiger partial charge on any atom is 0.182 e. The van der Waals surface area contributed by atoms with Crippen molar-refractivity contribution < 1.29 is 9.13 Å². The molecule has 3 nitrogen and oxygen atoms in total. The van der Waals surface area contributed by atoms with Crippen LogP contribution in [-0.4, -0.2) is 19.1 Å². The van der Waals surface area contributed by atoms with Crippen LogP contribution in [0.1, 0.15) is 16.1 Å². The highest BCUT2D eigenvalue weighted by Crippen LogP contribution is 2.26. The Morgan fingerprint density at radius 3 is 2.78 bits per heavy atom. The second kappa shape index (κ2) is 5.35. The highest BCUT2D eigenvalue weighted by Gasteiger charge is 2.09. The van der Waals surface area contributed by atoms with Crippen LogP contribution >= 0.6 is 11.3 Å². The van der Waals surface area contributed by atoms with Gasteiger partial charge in [-0.3, -0.25) is 0 Å².